The van der Waals surface area contributed by atoms with Crippen molar-refractivity contribution in [3.8, 4) is 5.75 Å². The summed E-state index contributed by atoms with van der Waals surface area (Å²) in [6, 6.07) is 7.51. The summed E-state index contributed by atoms with van der Waals surface area (Å²) < 4.78 is 11.0. The van der Waals surface area contributed by atoms with Gasteiger partial charge in [0.15, 0.2) is 5.78 Å². The molecule has 110 valence electrons. The molecule has 1 aliphatic rings. The lowest BCUT2D eigenvalue weighted by Crippen LogP contribution is -2.23. The number of Topliss-reactive ketones (excluding diaryl/α,β-unsaturated/α-hetero) is 1. The summed E-state index contributed by atoms with van der Waals surface area (Å²) in [4.78, 5) is 14.5. The number of rotatable bonds is 6. The molecule has 0 atom stereocenters. The Kier molecular flexibility index (Phi) is 5.56. The minimum Gasteiger partial charge on any atom is -0.492 e. The van der Waals surface area contributed by atoms with Crippen LogP contribution in [0.25, 0.3) is 0 Å². The number of hydrogen-bond acceptors (Lipinski definition) is 4. The molecule has 0 unspecified atom stereocenters. The zero-order chi connectivity index (χ0) is 14.4. The average Bonchev–Trinajstić information content (AvgIpc) is 2.47. The summed E-state index contributed by atoms with van der Waals surface area (Å²) in [7, 11) is 4.02. The highest BCUT2D eigenvalue weighted by atomic mass is 16.5. The second kappa shape index (κ2) is 7.41. The number of ether oxygens (including phenoxy) is 2. The number of carbonyl (C=O) groups is 1. The van der Waals surface area contributed by atoms with Crippen molar-refractivity contribution in [3.05, 3.63) is 29.8 Å². The van der Waals surface area contributed by atoms with Crippen molar-refractivity contribution in [3.63, 3.8) is 0 Å². The van der Waals surface area contributed by atoms with Gasteiger partial charge in [0.1, 0.15) is 12.4 Å². The van der Waals surface area contributed by atoms with E-state index in [1.807, 2.05) is 38.4 Å². The smallest absolute Gasteiger partial charge is 0.166 e. The highest BCUT2D eigenvalue weighted by molar-refractivity contribution is 5.98. The predicted octanol–water partition coefficient (Wildman–Crippen LogP) is 2.24. The summed E-state index contributed by atoms with van der Waals surface area (Å²) in [6.07, 6.45) is 1.65. The number of carbonyl (C=O) groups excluding carboxylic acids is 1. The molecule has 0 radical (unpaired) electrons. The van der Waals surface area contributed by atoms with Crippen molar-refractivity contribution in [1.29, 1.82) is 0 Å². The van der Waals surface area contributed by atoms with Gasteiger partial charge in [-0.15, -0.1) is 0 Å². The van der Waals surface area contributed by atoms with Gasteiger partial charge in [0.2, 0.25) is 0 Å². The normalized spacial score (nSPS) is 16.4. The summed E-state index contributed by atoms with van der Waals surface area (Å²) in [6.45, 7) is 2.87. The second-order valence-electron chi connectivity index (χ2n) is 5.43. The van der Waals surface area contributed by atoms with Crippen LogP contribution in [0, 0.1) is 5.92 Å². The first-order chi connectivity index (χ1) is 9.66. The molecule has 4 nitrogen and oxygen atoms in total. The molecule has 1 fully saturated rings. The van der Waals surface area contributed by atoms with Crippen LogP contribution >= 0.6 is 0 Å². The monoisotopic (exact) mass is 277 g/mol. The Morgan fingerprint density at radius 1 is 1.35 bits per heavy atom. The van der Waals surface area contributed by atoms with Gasteiger partial charge in [0.25, 0.3) is 0 Å². The van der Waals surface area contributed by atoms with Crippen molar-refractivity contribution in [1.82, 2.24) is 4.90 Å². The van der Waals surface area contributed by atoms with Gasteiger partial charge in [0.05, 0.1) is 0 Å². The molecule has 0 bridgehead atoms. The fourth-order valence-electron chi connectivity index (χ4n) is 2.28. The molecule has 0 saturated carbocycles. The zero-order valence-electron chi connectivity index (χ0n) is 12.3. The number of likely N-dealkylation sites (N-methyl/N-ethyl adjacent to an activating group) is 1. The van der Waals surface area contributed by atoms with Crippen LogP contribution in [-0.4, -0.2) is 51.1 Å². The van der Waals surface area contributed by atoms with Crippen molar-refractivity contribution >= 4 is 5.78 Å². The van der Waals surface area contributed by atoms with Crippen molar-refractivity contribution in [2.24, 2.45) is 5.92 Å². The van der Waals surface area contributed by atoms with Gasteiger partial charge in [-0.3, -0.25) is 4.79 Å². The van der Waals surface area contributed by atoms with Crippen LogP contribution in [0.15, 0.2) is 24.3 Å². The molecular formula is C16H23NO3. The Morgan fingerprint density at radius 3 is 2.80 bits per heavy atom. The van der Waals surface area contributed by atoms with Crippen molar-refractivity contribution < 1.29 is 14.3 Å². The highest BCUT2D eigenvalue weighted by Crippen LogP contribution is 2.22. The van der Waals surface area contributed by atoms with Gasteiger partial charge >= 0.3 is 0 Å². The first-order valence-electron chi connectivity index (χ1n) is 7.16. The van der Waals surface area contributed by atoms with E-state index in [0.29, 0.717) is 19.8 Å². The third-order valence-electron chi connectivity index (χ3n) is 3.52. The fourth-order valence-corrected chi connectivity index (χ4v) is 2.28. The first kappa shape index (κ1) is 15.0. The van der Waals surface area contributed by atoms with Crippen molar-refractivity contribution in [2.45, 2.75) is 12.8 Å². The van der Waals surface area contributed by atoms with Gasteiger partial charge in [-0.2, -0.15) is 0 Å². The average molecular weight is 277 g/mol. The molecule has 4 heteroatoms. The lowest BCUT2D eigenvalue weighted by atomic mass is 9.91. The Morgan fingerprint density at radius 2 is 2.10 bits per heavy atom. The summed E-state index contributed by atoms with van der Waals surface area (Å²) >= 11 is 0. The highest BCUT2D eigenvalue weighted by Gasteiger charge is 2.22. The summed E-state index contributed by atoms with van der Waals surface area (Å²) in [5.74, 6) is 1.08. The van der Waals surface area contributed by atoms with Crippen molar-refractivity contribution in [2.75, 3.05) is 40.5 Å². The van der Waals surface area contributed by atoms with Gasteiger partial charge in [-0.25, -0.2) is 0 Å². The van der Waals surface area contributed by atoms with E-state index in [1.165, 1.54) is 0 Å². The molecular weight excluding hydrogens is 254 g/mol. The molecule has 0 N–H and O–H groups in total. The van der Waals surface area contributed by atoms with E-state index in [1.54, 1.807) is 0 Å². The molecule has 20 heavy (non-hydrogen) atoms. The zero-order valence-corrected chi connectivity index (χ0v) is 12.3. The van der Waals surface area contributed by atoms with Gasteiger partial charge in [0, 0.05) is 31.2 Å². The number of ketones is 1. The Balaban J connectivity index is 1.95. The lowest BCUT2D eigenvalue weighted by molar-refractivity contribution is 0.0544. The quantitative estimate of drug-likeness (QED) is 0.748. The van der Waals surface area contributed by atoms with E-state index in [-0.39, 0.29) is 11.7 Å². The minimum absolute atomic E-state index is 0.0979. The van der Waals surface area contributed by atoms with Gasteiger partial charge in [-0.1, -0.05) is 12.1 Å². The van der Waals surface area contributed by atoms with Gasteiger partial charge < -0.3 is 14.4 Å². The summed E-state index contributed by atoms with van der Waals surface area (Å²) in [5, 5.41) is 0. The largest absolute Gasteiger partial charge is 0.492 e. The van der Waals surface area contributed by atoms with E-state index in [9.17, 15) is 4.79 Å². The van der Waals surface area contributed by atoms with Crippen LogP contribution in [0.3, 0.4) is 0 Å². The lowest BCUT2D eigenvalue weighted by Gasteiger charge is -2.21. The molecule has 0 spiro atoms. The van der Waals surface area contributed by atoms with E-state index >= 15 is 0 Å². The third-order valence-corrected chi connectivity index (χ3v) is 3.52. The van der Waals surface area contributed by atoms with Crippen LogP contribution in [-0.2, 0) is 4.74 Å². The molecule has 1 aromatic rings. The molecule has 2 rings (SSSR count). The van der Waals surface area contributed by atoms with E-state index in [0.717, 1.165) is 30.7 Å². The summed E-state index contributed by atoms with van der Waals surface area (Å²) in [5.41, 5.74) is 0.749. The standard InChI is InChI=1S/C16H23NO3/c1-17(2)8-11-20-15-5-3-4-14(12-15)16(18)13-6-9-19-10-7-13/h3-5,12-13H,6-11H2,1-2H3. The second-order valence-corrected chi connectivity index (χ2v) is 5.43. The van der Waals surface area contributed by atoms with Crippen LogP contribution in [0.5, 0.6) is 5.75 Å². The SMILES string of the molecule is CN(C)CCOc1cccc(C(=O)C2CCOCC2)c1. The van der Waals surface area contributed by atoms with Crippen LogP contribution in [0.2, 0.25) is 0 Å². The molecule has 1 aliphatic heterocycles. The molecule has 0 aromatic heterocycles. The Hall–Kier alpha value is -1.39. The molecule has 0 aliphatic carbocycles. The van der Waals surface area contributed by atoms with Crippen LogP contribution in [0.1, 0.15) is 23.2 Å². The minimum atomic E-state index is 0.0979. The fraction of sp³-hybridized carbons (Fsp3) is 0.562. The topological polar surface area (TPSA) is 38.8 Å². The van der Waals surface area contributed by atoms with Gasteiger partial charge in [-0.05, 0) is 39.1 Å². The van der Waals surface area contributed by atoms with E-state index in [2.05, 4.69) is 4.90 Å². The van der Waals surface area contributed by atoms with E-state index < -0.39 is 0 Å². The Bertz CT molecular complexity index is 439. The molecule has 1 aromatic carbocycles. The first-order valence-corrected chi connectivity index (χ1v) is 7.16. The molecule has 1 heterocycles. The number of benzene rings is 1. The van der Waals surface area contributed by atoms with Crippen LogP contribution in [0.4, 0.5) is 0 Å². The maximum absolute atomic E-state index is 12.4. The number of hydrogen-bond donors (Lipinski definition) is 0. The maximum atomic E-state index is 12.4. The number of nitrogens with zero attached hydrogens (tertiary/aromatic N) is 1. The third kappa shape index (κ3) is 4.32. The van der Waals surface area contributed by atoms with Crippen LogP contribution < -0.4 is 4.74 Å². The maximum Gasteiger partial charge on any atom is 0.166 e. The Labute approximate surface area is 120 Å². The molecule has 1 saturated heterocycles. The van der Waals surface area contributed by atoms with E-state index in [4.69, 9.17) is 9.47 Å². The predicted molar refractivity (Wildman–Crippen MR) is 78.4 cm³/mol. The molecule has 0 amide bonds.